The number of aromatic nitrogens is 1. The minimum Gasteiger partial charge on any atom is -0.456 e. The van der Waals surface area contributed by atoms with Gasteiger partial charge in [-0.15, -0.1) is 0 Å². The van der Waals surface area contributed by atoms with Gasteiger partial charge in [0, 0.05) is 75.5 Å². The van der Waals surface area contributed by atoms with Gasteiger partial charge in [-0.3, -0.25) is 14.4 Å². The fraction of sp³-hybridized carbons (Fsp3) is 0.621. The van der Waals surface area contributed by atoms with Gasteiger partial charge in [-0.25, -0.2) is 4.79 Å². The first-order chi connectivity index (χ1) is 34.1. The summed E-state index contributed by atoms with van der Waals surface area (Å²) in [5, 5.41) is 17.1. The molecule has 1 saturated carbocycles. The van der Waals surface area contributed by atoms with Gasteiger partial charge < -0.3 is 43.6 Å². The second kappa shape index (κ2) is 24.4. The number of allylic oxidation sites excluding steroid dienone is 3. The molecule has 13 atom stereocenters. The van der Waals surface area contributed by atoms with Crippen LogP contribution in [0.3, 0.4) is 0 Å². The molecule has 388 valence electrons. The molecule has 13 heteroatoms. The molecule has 3 fully saturated rings. The molecular weight excluding hydrogens is 899 g/mol. The van der Waals surface area contributed by atoms with Crippen molar-refractivity contribution in [3.05, 3.63) is 89.7 Å². The van der Waals surface area contributed by atoms with E-state index in [2.05, 4.69) is 83.7 Å². The van der Waals surface area contributed by atoms with Crippen LogP contribution in [-0.2, 0) is 49.4 Å². The molecule has 7 rings (SSSR count). The minimum atomic E-state index is -2.47. The molecule has 4 heterocycles. The van der Waals surface area contributed by atoms with Crippen LogP contribution in [0.25, 0.3) is 10.9 Å². The highest BCUT2D eigenvalue weighted by atomic mass is 16.7. The van der Waals surface area contributed by atoms with Gasteiger partial charge in [0.05, 0.1) is 24.4 Å². The summed E-state index contributed by atoms with van der Waals surface area (Å²) < 4.78 is 33.1. The third-order valence-electron chi connectivity index (χ3n) is 16.1. The average Bonchev–Trinajstić information content (AvgIpc) is 3.77. The summed E-state index contributed by atoms with van der Waals surface area (Å²) in [6.45, 7) is 12.8. The van der Waals surface area contributed by atoms with Gasteiger partial charge in [-0.2, -0.15) is 0 Å². The standard InChI is InChI=1S/C58H81N3O10/c1-10-43-29-36(2)28-37(3)30-51(68-8)54-52(69-9)32-40(6)58(66,71-54)55(63)56(64)61-26-15-14-18-48(61)57(65)70-53(38(4)19-24-49(43)62)39(5)31-42-20-22-46(50(33-42)67-7)59-45-21-23-47-44(34-45)25-27-60(47)35-41-16-12-11-13-17-41/h11-13,16-17,21,23,25,27,29,31,34,37-38,40,42-43,46,48,50-54,59,66H,10,14-15,18-20,22,24,26,28,30,32-33,35H2,1-9H3/b36-29+,39-31?. The molecule has 1 aliphatic carbocycles. The molecule has 13 nitrogen and oxygen atoms in total. The Labute approximate surface area is 422 Å². The molecule has 3 aromatic rings. The lowest BCUT2D eigenvalue weighted by molar-refractivity contribution is -0.302. The van der Waals surface area contributed by atoms with Gasteiger partial charge in [-0.05, 0) is 138 Å². The second-order valence-corrected chi connectivity index (χ2v) is 21.4. The number of piperidine rings is 1. The van der Waals surface area contributed by atoms with Crippen molar-refractivity contribution in [3.8, 4) is 0 Å². The molecule has 0 radical (unpaired) electrons. The number of rotatable bonds is 10. The number of hydrogen-bond donors (Lipinski definition) is 2. The predicted molar refractivity (Wildman–Crippen MR) is 276 cm³/mol. The smallest absolute Gasteiger partial charge is 0.329 e. The molecule has 2 aromatic carbocycles. The zero-order chi connectivity index (χ0) is 51.0. The number of carbonyl (C=O) groups is 4. The minimum absolute atomic E-state index is 0.0802. The summed E-state index contributed by atoms with van der Waals surface area (Å²) in [7, 11) is 4.89. The Balaban J connectivity index is 1.12. The lowest BCUT2D eigenvalue weighted by Gasteiger charge is -2.47. The lowest BCUT2D eigenvalue weighted by Crippen LogP contribution is -2.64. The van der Waals surface area contributed by atoms with Gasteiger partial charge >= 0.3 is 5.97 Å². The van der Waals surface area contributed by atoms with E-state index in [9.17, 15) is 24.3 Å². The number of nitrogens with one attached hydrogen (secondary N) is 1. The van der Waals surface area contributed by atoms with Crippen LogP contribution in [0.15, 0.2) is 84.1 Å². The van der Waals surface area contributed by atoms with Crippen LogP contribution in [0.5, 0.6) is 0 Å². The zero-order valence-electron chi connectivity index (χ0n) is 43.8. The Kier molecular flexibility index (Phi) is 18.6. The predicted octanol–water partition coefficient (Wildman–Crippen LogP) is 9.62. The van der Waals surface area contributed by atoms with Crippen LogP contribution < -0.4 is 5.32 Å². The fourth-order valence-corrected chi connectivity index (χ4v) is 12.0. The molecular formula is C58H81N3O10. The van der Waals surface area contributed by atoms with Crippen LogP contribution in [0.2, 0.25) is 0 Å². The maximum Gasteiger partial charge on any atom is 0.329 e. The van der Waals surface area contributed by atoms with Gasteiger partial charge in [0.2, 0.25) is 5.79 Å². The number of cyclic esters (lactones) is 1. The monoisotopic (exact) mass is 980 g/mol. The van der Waals surface area contributed by atoms with Crippen molar-refractivity contribution in [2.24, 2.45) is 29.6 Å². The average molecular weight is 980 g/mol. The Bertz CT molecular complexity index is 2360. The summed E-state index contributed by atoms with van der Waals surface area (Å²) in [5.41, 5.74) is 5.43. The Hall–Kier alpha value is -4.66. The number of methoxy groups -OCH3 is 3. The van der Waals surface area contributed by atoms with E-state index in [0.717, 1.165) is 42.6 Å². The number of hydrogen-bond acceptors (Lipinski definition) is 11. The molecule has 2 bridgehead atoms. The van der Waals surface area contributed by atoms with Crippen LogP contribution in [0, 0.1) is 29.6 Å². The SMILES string of the molecule is CCC1/C=C(\C)CC(C)CC(OC)C2OC(O)(C(=O)C(=O)N3CCCCC3C(=O)OC(C(C)=CC3CCC(Nc4ccc5c(ccn5Cc5ccccc5)c4)C(OC)C3)C(C)CCC1=O)C(C)CC2OC. The highest BCUT2D eigenvalue weighted by Gasteiger charge is 2.56. The van der Waals surface area contributed by atoms with E-state index >= 15 is 0 Å². The maximum absolute atomic E-state index is 14.6. The van der Waals surface area contributed by atoms with Crippen LogP contribution in [0.1, 0.15) is 124 Å². The maximum atomic E-state index is 14.6. The molecule has 3 aliphatic heterocycles. The number of amides is 1. The van der Waals surface area contributed by atoms with Crippen LogP contribution in [-0.4, -0.2) is 114 Å². The Morgan fingerprint density at radius 3 is 2.34 bits per heavy atom. The topological polar surface area (TPSA) is 155 Å². The van der Waals surface area contributed by atoms with E-state index in [1.807, 2.05) is 33.8 Å². The number of ketones is 2. The molecule has 2 saturated heterocycles. The third-order valence-corrected chi connectivity index (χ3v) is 16.1. The number of Topliss-reactive ketones (excluding diaryl/α,β-unsaturated/α-hetero) is 2. The number of ether oxygens (including phenoxy) is 5. The highest BCUT2D eigenvalue weighted by Crippen LogP contribution is 2.40. The number of carbonyl (C=O) groups excluding carboxylic acids is 4. The zero-order valence-corrected chi connectivity index (χ0v) is 43.8. The quantitative estimate of drug-likeness (QED) is 0.113. The number of esters is 1. The first kappa shape index (κ1) is 54.1. The van der Waals surface area contributed by atoms with Crippen LogP contribution >= 0.6 is 0 Å². The van der Waals surface area contributed by atoms with Gasteiger partial charge in [-0.1, -0.05) is 75.8 Å². The molecule has 71 heavy (non-hydrogen) atoms. The third kappa shape index (κ3) is 12.8. The first-order valence-corrected chi connectivity index (χ1v) is 26.4. The Morgan fingerprint density at radius 1 is 0.887 bits per heavy atom. The summed E-state index contributed by atoms with van der Waals surface area (Å²) >= 11 is 0. The van der Waals surface area contributed by atoms with E-state index < -0.39 is 59.8 Å². The van der Waals surface area contributed by atoms with E-state index in [0.29, 0.717) is 51.4 Å². The first-order valence-electron chi connectivity index (χ1n) is 26.4. The van der Waals surface area contributed by atoms with Crippen molar-refractivity contribution in [3.63, 3.8) is 0 Å². The molecule has 1 amide bonds. The van der Waals surface area contributed by atoms with Crippen molar-refractivity contribution < 1.29 is 48.0 Å². The number of benzene rings is 2. The molecule has 2 N–H and O–H groups in total. The molecule has 0 spiro atoms. The molecule has 4 aliphatic rings. The van der Waals surface area contributed by atoms with Crippen molar-refractivity contribution in [2.75, 3.05) is 33.2 Å². The summed E-state index contributed by atoms with van der Waals surface area (Å²) in [4.78, 5) is 58.8. The van der Waals surface area contributed by atoms with Crippen molar-refractivity contribution >= 4 is 40.0 Å². The van der Waals surface area contributed by atoms with Gasteiger partial charge in [0.1, 0.15) is 24.0 Å². The fourth-order valence-electron chi connectivity index (χ4n) is 12.0. The van der Waals surface area contributed by atoms with Gasteiger partial charge in [0.25, 0.3) is 11.7 Å². The number of fused-ring (bicyclic) bond motifs is 4. The largest absolute Gasteiger partial charge is 0.456 e. The van der Waals surface area contributed by atoms with E-state index in [4.69, 9.17) is 23.7 Å². The molecule has 13 unspecified atom stereocenters. The summed E-state index contributed by atoms with van der Waals surface area (Å²) in [6, 6.07) is 18.2. The highest BCUT2D eigenvalue weighted by molar-refractivity contribution is 6.39. The summed E-state index contributed by atoms with van der Waals surface area (Å²) in [6.07, 6.45) is 10.7. The molecule has 1 aromatic heterocycles. The van der Waals surface area contributed by atoms with Crippen molar-refractivity contribution in [2.45, 2.75) is 174 Å². The van der Waals surface area contributed by atoms with Gasteiger partial charge in [0.15, 0.2) is 0 Å². The number of aliphatic hydroxyl groups is 1. The normalized spacial score (nSPS) is 34.2. The van der Waals surface area contributed by atoms with Crippen LogP contribution in [0.4, 0.5) is 5.69 Å². The second-order valence-electron chi connectivity index (χ2n) is 21.4. The van der Waals surface area contributed by atoms with E-state index in [-0.39, 0.29) is 54.6 Å². The number of anilines is 1. The Morgan fingerprint density at radius 2 is 1.62 bits per heavy atom. The summed E-state index contributed by atoms with van der Waals surface area (Å²) in [5.74, 6) is -6.11. The van der Waals surface area contributed by atoms with E-state index in [1.165, 1.54) is 21.4 Å². The van der Waals surface area contributed by atoms with Crippen molar-refractivity contribution in [1.82, 2.24) is 9.47 Å². The van der Waals surface area contributed by atoms with Crippen molar-refractivity contribution in [1.29, 1.82) is 0 Å². The van der Waals surface area contributed by atoms with E-state index in [1.54, 1.807) is 28.3 Å². The number of nitrogens with zero attached hydrogens (tertiary/aromatic N) is 2. The lowest BCUT2D eigenvalue weighted by atomic mass is 9.81.